The summed E-state index contributed by atoms with van der Waals surface area (Å²) in [5, 5.41) is 164. The van der Waals surface area contributed by atoms with Crippen molar-refractivity contribution in [2.24, 2.45) is 11.8 Å². The maximum atomic E-state index is 11.3. The van der Waals surface area contributed by atoms with Crippen LogP contribution in [-0.2, 0) is 24.1 Å². The molecule has 23 heteroatoms. The monoisotopic (exact) mass is 1150 g/mol. The Bertz CT molecular complexity index is 2090. The first-order valence-electron chi connectivity index (χ1n) is 26.8. The molecule has 454 valence electrons. The summed E-state index contributed by atoms with van der Waals surface area (Å²) in [6.07, 6.45) is 6.24. The van der Waals surface area contributed by atoms with Crippen molar-refractivity contribution in [3.05, 3.63) is 109 Å². The Kier molecular flexibility index (Phi) is 33.8. The molecule has 0 aromatic rings. The second-order valence-electron chi connectivity index (χ2n) is 21.0. The van der Waals surface area contributed by atoms with E-state index in [-0.39, 0.29) is 82.7 Å². The molecule has 0 radical (unpaired) electrons. The summed E-state index contributed by atoms with van der Waals surface area (Å²) >= 11 is 0. The lowest BCUT2D eigenvalue weighted by Gasteiger charge is -2.28. The highest BCUT2D eigenvalue weighted by Crippen LogP contribution is 2.50. The van der Waals surface area contributed by atoms with Crippen molar-refractivity contribution in [1.29, 1.82) is 0 Å². The number of allylic oxidation sites excluding steroid dienone is 1. The van der Waals surface area contributed by atoms with Gasteiger partial charge in [-0.3, -0.25) is 4.55 Å². The van der Waals surface area contributed by atoms with E-state index in [2.05, 4.69) is 4.18 Å². The van der Waals surface area contributed by atoms with E-state index < -0.39 is 126 Å². The van der Waals surface area contributed by atoms with E-state index in [9.17, 15) is 79.9 Å². The molecule has 0 spiro atoms. The molecule has 2 aliphatic heterocycles. The van der Waals surface area contributed by atoms with Crippen LogP contribution in [0.5, 0.6) is 0 Å². The highest BCUT2D eigenvalue weighted by Gasteiger charge is 2.65. The predicted molar refractivity (Wildman–Crippen MR) is 293 cm³/mol. The molecule has 17 N–H and O–H groups in total. The fourth-order valence-corrected chi connectivity index (χ4v) is 9.17. The Hall–Kier alpha value is -3.19. The van der Waals surface area contributed by atoms with Gasteiger partial charge < -0.3 is 91.2 Å². The van der Waals surface area contributed by atoms with Gasteiger partial charge in [0.2, 0.25) is 0 Å². The van der Waals surface area contributed by atoms with Crippen LogP contribution in [0.1, 0.15) is 98.3 Å². The Morgan fingerprint density at radius 1 is 0.582 bits per heavy atom. The summed E-state index contributed by atoms with van der Waals surface area (Å²) in [5.41, 5.74) is 0.0395. The lowest BCUT2D eigenvalue weighted by atomic mass is 9.95. The van der Waals surface area contributed by atoms with Crippen molar-refractivity contribution >= 4 is 10.4 Å². The molecule has 2 fully saturated rings. The molecular formula is C56H92O22S. The fourth-order valence-electron chi connectivity index (χ4n) is 8.66. The molecule has 0 aliphatic carbocycles. The van der Waals surface area contributed by atoms with E-state index in [1.165, 1.54) is 48.6 Å². The first kappa shape index (κ1) is 71.9. The van der Waals surface area contributed by atoms with Crippen molar-refractivity contribution in [2.45, 2.75) is 214 Å². The van der Waals surface area contributed by atoms with Crippen LogP contribution in [0.4, 0.5) is 0 Å². The number of rotatable bonds is 42. The van der Waals surface area contributed by atoms with Crippen LogP contribution in [0.25, 0.3) is 0 Å². The quantitative estimate of drug-likeness (QED) is 0.0219. The summed E-state index contributed by atoms with van der Waals surface area (Å²) < 4.78 is 47.8. The predicted octanol–water partition coefficient (Wildman–Crippen LogP) is 0.0957. The van der Waals surface area contributed by atoms with Crippen molar-refractivity contribution in [2.75, 3.05) is 13.2 Å². The third-order valence-corrected chi connectivity index (χ3v) is 13.6. The maximum absolute atomic E-state index is 11.3. The first-order valence-corrected chi connectivity index (χ1v) is 28.2. The van der Waals surface area contributed by atoms with Gasteiger partial charge >= 0.3 is 10.4 Å². The van der Waals surface area contributed by atoms with E-state index in [1.807, 2.05) is 6.92 Å². The molecule has 0 unspecified atom stereocenters. The van der Waals surface area contributed by atoms with E-state index in [4.69, 9.17) is 24.2 Å². The molecule has 0 aromatic carbocycles. The summed E-state index contributed by atoms with van der Waals surface area (Å²) in [5.74, 6) is -0.705. The SMILES string of the molecule is C/C(=C\[C@H](O)C/C=C/[C@H](O)C[C@]1(C)O[C@@H]1[C@H]1O[C@@H]1[C@H](O)C/C=C/C[C@@H](O)/C=C/[C@H](C)[C@@H](O)/C=C/CO)C[C@@H](O)/C=C/C[C@@H](O)C[C@@H](O)/C=C/[C@H](O)C[C@@H](O)C[C@H](C)/C=C/[C@H](O)[C@H](O)[C@H](O)[C@H](C[C@@H](O)/C=C/CCO)OS(=O)(=O)O. The molecule has 0 aromatic heterocycles. The highest BCUT2D eigenvalue weighted by molar-refractivity contribution is 7.80. The van der Waals surface area contributed by atoms with E-state index >= 15 is 0 Å². The van der Waals surface area contributed by atoms with Crippen LogP contribution in [0, 0.1) is 11.8 Å². The first-order chi connectivity index (χ1) is 37.1. The largest absolute Gasteiger partial charge is 0.397 e. The average molecular weight is 1150 g/mol. The van der Waals surface area contributed by atoms with Gasteiger partial charge in [-0.1, -0.05) is 123 Å². The van der Waals surface area contributed by atoms with Gasteiger partial charge in [0.1, 0.15) is 42.7 Å². The zero-order valence-corrected chi connectivity index (χ0v) is 46.4. The minimum atomic E-state index is -5.15. The second kappa shape index (κ2) is 37.1. The van der Waals surface area contributed by atoms with Gasteiger partial charge in [-0.05, 0) is 64.7 Å². The molecule has 79 heavy (non-hydrogen) atoms. The Morgan fingerprint density at radius 2 is 1.16 bits per heavy atom. The van der Waals surface area contributed by atoms with Gasteiger partial charge in [0.15, 0.2) is 0 Å². The molecule has 0 saturated carbocycles. The lowest BCUT2D eigenvalue weighted by molar-refractivity contribution is -0.0931. The van der Waals surface area contributed by atoms with Gasteiger partial charge in [0.05, 0.1) is 79.4 Å². The molecule has 2 aliphatic rings. The van der Waals surface area contributed by atoms with E-state index in [1.54, 1.807) is 69.4 Å². The Labute approximate surface area is 464 Å². The third-order valence-electron chi connectivity index (χ3n) is 13.2. The van der Waals surface area contributed by atoms with Gasteiger partial charge in [-0.2, -0.15) is 8.42 Å². The van der Waals surface area contributed by atoms with Gasteiger partial charge in [0.25, 0.3) is 0 Å². The van der Waals surface area contributed by atoms with Gasteiger partial charge in [-0.25, -0.2) is 4.18 Å². The minimum absolute atomic E-state index is 0.0641. The van der Waals surface area contributed by atoms with Crippen molar-refractivity contribution in [3.63, 3.8) is 0 Å². The molecule has 22 nitrogen and oxygen atoms in total. The number of hydrogen-bond acceptors (Lipinski definition) is 21. The molecule has 2 rings (SSSR count). The van der Waals surface area contributed by atoms with Crippen LogP contribution in [0.15, 0.2) is 109 Å². The van der Waals surface area contributed by atoms with E-state index in [0.29, 0.717) is 18.4 Å². The Morgan fingerprint density at radius 3 is 1.81 bits per heavy atom. The number of aliphatic hydroxyl groups is 16. The van der Waals surface area contributed by atoms with Crippen LogP contribution in [-0.4, -0.2) is 223 Å². The number of aliphatic hydroxyl groups excluding tert-OH is 16. The Balaban J connectivity index is 1.68. The highest BCUT2D eigenvalue weighted by atomic mass is 32.3. The molecule has 0 amide bonds. The standard InChI is InChI=1S/C56H92O22S/c1-35(20-25-48(69)51(71)52(72)50(78-79(73,74)75)33-42(63)13-7-8-26-57)28-46(67)32-44(65)24-23-43(64)31-41(62)16-9-14-39(60)29-36(2)30-40(61)15-10-17-45(66)34-56(4)55(77-56)54-53(76-54)49(70)18-6-5-12-38(59)22-21-37(3)47(68)19-11-27-58/h5-7,9-11,13-14,17,19-25,30,35,37-55,57-72H,8,12,15-16,18,26-29,31-34H2,1-4H3,(H,73,74,75)/b6-5+,13-7+,14-9+,17-10+,19-11+,22-21+,24-23+,25-20+,36-30+/t35-,37+,38-,39+,40-,41-,42+,43+,44+,45+,46+,47+,48+,49-,50+,51+,52-,53-,54+,55-,56+/m1/s1. The van der Waals surface area contributed by atoms with Crippen LogP contribution >= 0.6 is 0 Å². The summed E-state index contributed by atoms with van der Waals surface area (Å²) in [7, 11) is -5.15. The van der Waals surface area contributed by atoms with Crippen molar-refractivity contribution in [1.82, 2.24) is 0 Å². The lowest BCUT2D eigenvalue weighted by Crippen LogP contribution is -2.46. The average Bonchev–Trinajstić information content (AvgIpc) is 4.30. The minimum Gasteiger partial charge on any atom is -0.396 e. The number of ether oxygens (including phenoxy) is 2. The molecule has 2 heterocycles. The molecule has 21 atom stereocenters. The second-order valence-corrected chi connectivity index (χ2v) is 22.0. The maximum Gasteiger partial charge on any atom is 0.397 e. The molecule has 0 bridgehead atoms. The smallest absolute Gasteiger partial charge is 0.396 e. The van der Waals surface area contributed by atoms with Gasteiger partial charge in [-0.15, -0.1) is 0 Å². The summed E-state index contributed by atoms with van der Waals surface area (Å²) in [6, 6.07) is 0. The molecule has 2 saturated heterocycles. The van der Waals surface area contributed by atoms with Crippen molar-refractivity contribution in [3.8, 4) is 0 Å². The van der Waals surface area contributed by atoms with E-state index in [0.717, 1.165) is 6.08 Å². The van der Waals surface area contributed by atoms with Gasteiger partial charge in [0, 0.05) is 38.2 Å². The number of epoxide rings is 2. The number of hydrogen-bond donors (Lipinski definition) is 17. The normalized spacial score (nSPS) is 26.2. The van der Waals surface area contributed by atoms with Crippen LogP contribution in [0.2, 0.25) is 0 Å². The zero-order chi connectivity index (χ0) is 59.5. The molecular weight excluding hydrogens is 1060 g/mol. The van der Waals surface area contributed by atoms with Crippen LogP contribution in [0.3, 0.4) is 0 Å². The fraction of sp³-hybridized carbons (Fsp3) is 0.679. The third kappa shape index (κ3) is 31.2. The van der Waals surface area contributed by atoms with Crippen LogP contribution < -0.4 is 0 Å². The summed E-state index contributed by atoms with van der Waals surface area (Å²) in [6.45, 7) is 6.64. The summed E-state index contributed by atoms with van der Waals surface area (Å²) in [4.78, 5) is 0. The topological polar surface area (TPSA) is 412 Å². The zero-order valence-electron chi connectivity index (χ0n) is 45.6. The van der Waals surface area contributed by atoms with Crippen molar-refractivity contribution < 1.29 is 108 Å².